The lowest BCUT2D eigenvalue weighted by Crippen LogP contribution is -2.54. The first kappa shape index (κ1) is 15.5. The van der Waals surface area contributed by atoms with Gasteiger partial charge in [0.1, 0.15) is 0 Å². The maximum absolute atomic E-state index is 11.0. The molecule has 3 rings (SSSR count). The molecule has 0 aromatic heterocycles. The molecule has 3 heteroatoms. The Labute approximate surface area is 128 Å². The van der Waals surface area contributed by atoms with Gasteiger partial charge in [-0.2, -0.15) is 0 Å². The van der Waals surface area contributed by atoms with Crippen LogP contribution >= 0.6 is 0 Å². The van der Waals surface area contributed by atoms with Gasteiger partial charge in [-0.3, -0.25) is 0 Å². The summed E-state index contributed by atoms with van der Waals surface area (Å²) in [6, 6.07) is 0. The van der Waals surface area contributed by atoms with E-state index >= 15 is 0 Å². The number of allylic oxidation sites excluding steroid dienone is 1. The van der Waals surface area contributed by atoms with Gasteiger partial charge in [-0.25, -0.2) is 0 Å². The highest BCUT2D eigenvalue weighted by Crippen LogP contribution is 2.60. The first-order valence-electron chi connectivity index (χ1n) is 8.51. The van der Waals surface area contributed by atoms with Crippen LogP contribution in [0.15, 0.2) is 12.2 Å². The maximum Gasteiger partial charge on any atom is 0.0622 e. The molecule has 0 radical (unpaired) electrons. The third-order valence-electron chi connectivity index (χ3n) is 7.30. The molecule has 0 aromatic rings. The summed E-state index contributed by atoms with van der Waals surface area (Å²) in [5.74, 6) is 0.434. The molecular weight excluding hydrogens is 264 g/mol. The third-order valence-corrected chi connectivity index (χ3v) is 7.30. The molecule has 3 aliphatic carbocycles. The van der Waals surface area contributed by atoms with E-state index in [2.05, 4.69) is 20.4 Å². The van der Waals surface area contributed by atoms with Crippen molar-refractivity contribution in [3.63, 3.8) is 0 Å². The van der Waals surface area contributed by atoms with E-state index in [-0.39, 0.29) is 29.0 Å². The molecule has 3 aliphatic rings. The molecule has 0 spiro atoms. The van der Waals surface area contributed by atoms with Gasteiger partial charge in [-0.05, 0) is 67.6 Å². The zero-order valence-corrected chi connectivity index (χ0v) is 13.4. The molecule has 2 unspecified atom stereocenters. The van der Waals surface area contributed by atoms with Crippen LogP contribution in [-0.4, -0.2) is 33.6 Å². The average Bonchev–Trinajstić information content (AvgIpc) is 2.72. The van der Waals surface area contributed by atoms with Crippen LogP contribution in [-0.2, 0) is 0 Å². The molecule has 7 atom stereocenters. The summed E-state index contributed by atoms with van der Waals surface area (Å²) < 4.78 is 0. The van der Waals surface area contributed by atoms with Gasteiger partial charge in [0.2, 0.25) is 0 Å². The van der Waals surface area contributed by atoms with Crippen molar-refractivity contribution in [2.24, 2.45) is 22.7 Å². The molecule has 0 heterocycles. The minimum atomic E-state index is -0.505. The Morgan fingerprint density at radius 1 is 1.00 bits per heavy atom. The summed E-state index contributed by atoms with van der Waals surface area (Å²) >= 11 is 0. The van der Waals surface area contributed by atoms with Gasteiger partial charge in [0, 0.05) is 0 Å². The molecular formula is C18H30O3. The van der Waals surface area contributed by atoms with Crippen molar-refractivity contribution in [1.29, 1.82) is 0 Å². The molecule has 3 fully saturated rings. The second-order valence-corrected chi connectivity index (χ2v) is 8.25. The van der Waals surface area contributed by atoms with Crippen LogP contribution in [0.5, 0.6) is 0 Å². The van der Waals surface area contributed by atoms with E-state index in [1.54, 1.807) is 0 Å². The normalized spacial score (nSPS) is 54.5. The Hall–Kier alpha value is -0.380. The highest BCUT2D eigenvalue weighted by molar-refractivity contribution is 5.21. The SMILES string of the molecule is C=C1CCC2[C@@H](O)C([C@@]3(C)CC[C@H](O)C[C@@H]3O)CC[C@@]12C. The van der Waals surface area contributed by atoms with Gasteiger partial charge >= 0.3 is 0 Å². The third kappa shape index (κ3) is 2.20. The summed E-state index contributed by atoms with van der Waals surface area (Å²) in [4.78, 5) is 0. The fraction of sp³-hybridized carbons (Fsp3) is 0.889. The Bertz CT molecular complexity index is 434. The Morgan fingerprint density at radius 2 is 1.71 bits per heavy atom. The van der Waals surface area contributed by atoms with Crippen LogP contribution in [0.3, 0.4) is 0 Å². The number of fused-ring (bicyclic) bond motifs is 1. The number of aliphatic hydroxyl groups excluding tert-OH is 3. The Balaban J connectivity index is 1.83. The maximum atomic E-state index is 11.0. The van der Waals surface area contributed by atoms with E-state index in [1.165, 1.54) is 5.57 Å². The minimum Gasteiger partial charge on any atom is -0.393 e. The second-order valence-electron chi connectivity index (χ2n) is 8.25. The number of aliphatic hydroxyl groups is 3. The molecule has 120 valence electrons. The van der Waals surface area contributed by atoms with Gasteiger partial charge in [0.15, 0.2) is 0 Å². The quantitative estimate of drug-likeness (QED) is 0.652. The van der Waals surface area contributed by atoms with Crippen LogP contribution < -0.4 is 0 Å². The van der Waals surface area contributed by atoms with Crippen LogP contribution in [0.1, 0.15) is 58.8 Å². The lowest BCUT2D eigenvalue weighted by molar-refractivity contribution is -0.143. The van der Waals surface area contributed by atoms with Crippen molar-refractivity contribution in [2.45, 2.75) is 77.1 Å². The number of hydrogen-bond donors (Lipinski definition) is 3. The molecule has 3 saturated carbocycles. The van der Waals surface area contributed by atoms with Crippen molar-refractivity contribution in [3.8, 4) is 0 Å². The largest absolute Gasteiger partial charge is 0.393 e. The monoisotopic (exact) mass is 294 g/mol. The molecule has 0 bridgehead atoms. The van der Waals surface area contributed by atoms with Gasteiger partial charge in [-0.15, -0.1) is 0 Å². The van der Waals surface area contributed by atoms with E-state index in [0.29, 0.717) is 12.3 Å². The zero-order valence-electron chi connectivity index (χ0n) is 13.4. The molecule has 0 saturated heterocycles. The predicted molar refractivity (Wildman–Crippen MR) is 82.7 cm³/mol. The average molecular weight is 294 g/mol. The van der Waals surface area contributed by atoms with E-state index in [1.807, 2.05) is 0 Å². The molecule has 0 aromatic carbocycles. The lowest BCUT2D eigenvalue weighted by Gasteiger charge is -2.53. The van der Waals surface area contributed by atoms with Crippen molar-refractivity contribution in [2.75, 3.05) is 0 Å². The summed E-state index contributed by atoms with van der Waals surface area (Å²) in [6.07, 6.45) is 4.85. The van der Waals surface area contributed by atoms with E-state index in [4.69, 9.17) is 0 Å². The molecule has 21 heavy (non-hydrogen) atoms. The van der Waals surface area contributed by atoms with Gasteiger partial charge in [-0.1, -0.05) is 26.0 Å². The first-order valence-corrected chi connectivity index (χ1v) is 8.51. The number of rotatable bonds is 1. The molecule has 3 N–H and O–H groups in total. The minimum absolute atomic E-state index is 0.0887. The summed E-state index contributed by atoms with van der Waals surface area (Å²) in [6.45, 7) is 8.61. The Kier molecular flexibility index (Phi) is 3.75. The Morgan fingerprint density at radius 3 is 2.38 bits per heavy atom. The van der Waals surface area contributed by atoms with E-state index in [9.17, 15) is 15.3 Å². The predicted octanol–water partition coefficient (Wildman–Crippen LogP) is 2.64. The van der Waals surface area contributed by atoms with Crippen molar-refractivity contribution < 1.29 is 15.3 Å². The standard InChI is InChI=1S/C18H30O3/c1-11-4-5-13-16(21)14(7-9-17(11,13)2)18(3)8-6-12(19)10-15(18)20/h12-16,19-21H,1,4-10H2,2-3H3/t12-,13?,14?,15-,16+,17-,18+/m0/s1. The van der Waals surface area contributed by atoms with Crippen molar-refractivity contribution in [1.82, 2.24) is 0 Å². The molecule has 3 nitrogen and oxygen atoms in total. The van der Waals surface area contributed by atoms with Crippen molar-refractivity contribution >= 4 is 0 Å². The lowest BCUT2D eigenvalue weighted by atomic mass is 9.54. The van der Waals surface area contributed by atoms with Gasteiger partial charge in [0.25, 0.3) is 0 Å². The fourth-order valence-corrected chi connectivity index (χ4v) is 5.45. The summed E-state index contributed by atoms with van der Waals surface area (Å²) in [5, 5.41) is 31.3. The topological polar surface area (TPSA) is 60.7 Å². The van der Waals surface area contributed by atoms with E-state index in [0.717, 1.165) is 38.5 Å². The van der Waals surface area contributed by atoms with Crippen LogP contribution in [0, 0.1) is 22.7 Å². The van der Waals surface area contributed by atoms with Crippen LogP contribution in [0.25, 0.3) is 0 Å². The first-order chi connectivity index (χ1) is 9.79. The zero-order chi connectivity index (χ0) is 15.4. The van der Waals surface area contributed by atoms with Crippen LogP contribution in [0.2, 0.25) is 0 Å². The molecule has 0 aliphatic heterocycles. The van der Waals surface area contributed by atoms with Gasteiger partial charge < -0.3 is 15.3 Å². The second kappa shape index (κ2) is 5.07. The fourth-order valence-electron chi connectivity index (χ4n) is 5.45. The summed E-state index contributed by atoms with van der Waals surface area (Å²) in [7, 11) is 0. The molecule has 0 amide bonds. The highest BCUT2D eigenvalue weighted by Gasteiger charge is 2.56. The number of hydrogen-bond acceptors (Lipinski definition) is 3. The van der Waals surface area contributed by atoms with Crippen LogP contribution in [0.4, 0.5) is 0 Å². The smallest absolute Gasteiger partial charge is 0.0622 e. The van der Waals surface area contributed by atoms with Gasteiger partial charge in [0.05, 0.1) is 18.3 Å². The highest BCUT2D eigenvalue weighted by atomic mass is 16.3. The van der Waals surface area contributed by atoms with E-state index < -0.39 is 6.10 Å². The summed E-state index contributed by atoms with van der Waals surface area (Å²) in [5.41, 5.74) is 1.13. The van der Waals surface area contributed by atoms with Crippen molar-refractivity contribution in [3.05, 3.63) is 12.2 Å².